The smallest absolute Gasteiger partial charge is 0.338 e. The standard InChI is InChI=1S/C18H28N2O4S/c1-14-6-4-10-20(13-14)11-5-9-19-25(22,23)16-8-7-15(2)17(12-16)18(21)24-3/h7-8,12,14,19H,4-6,9-11,13H2,1-3H3. The highest BCUT2D eigenvalue weighted by Crippen LogP contribution is 2.17. The fraction of sp³-hybridized carbons (Fsp3) is 0.611. The summed E-state index contributed by atoms with van der Waals surface area (Å²) in [7, 11) is -2.35. The number of esters is 1. The van der Waals surface area contributed by atoms with E-state index in [1.54, 1.807) is 13.0 Å². The van der Waals surface area contributed by atoms with Crippen LogP contribution in [-0.2, 0) is 14.8 Å². The summed E-state index contributed by atoms with van der Waals surface area (Å²) in [5.41, 5.74) is 0.956. The van der Waals surface area contributed by atoms with Crippen LogP contribution in [0.5, 0.6) is 0 Å². The second-order valence-corrected chi connectivity index (χ2v) is 8.53. The molecule has 1 aliphatic rings. The number of aryl methyl sites for hydroxylation is 1. The molecule has 1 aromatic rings. The van der Waals surface area contributed by atoms with Crippen LogP contribution >= 0.6 is 0 Å². The van der Waals surface area contributed by atoms with E-state index in [4.69, 9.17) is 4.74 Å². The molecular weight excluding hydrogens is 340 g/mol. The lowest BCUT2D eigenvalue weighted by Crippen LogP contribution is -2.36. The van der Waals surface area contributed by atoms with E-state index >= 15 is 0 Å². The van der Waals surface area contributed by atoms with Crippen molar-refractivity contribution in [2.45, 2.75) is 38.0 Å². The zero-order valence-electron chi connectivity index (χ0n) is 15.2. The topological polar surface area (TPSA) is 75.7 Å². The number of rotatable bonds is 7. The van der Waals surface area contributed by atoms with Gasteiger partial charge in [-0.05, 0) is 62.9 Å². The van der Waals surface area contributed by atoms with Crippen molar-refractivity contribution in [3.8, 4) is 0 Å². The minimum atomic E-state index is -3.63. The summed E-state index contributed by atoms with van der Waals surface area (Å²) in [4.78, 5) is 14.2. The first-order valence-corrected chi connectivity index (χ1v) is 10.2. The van der Waals surface area contributed by atoms with Crippen LogP contribution in [0.2, 0.25) is 0 Å². The highest BCUT2D eigenvalue weighted by atomic mass is 32.2. The Hall–Kier alpha value is -1.44. The second-order valence-electron chi connectivity index (χ2n) is 6.77. The average molecular weight is 368 g/mol. The molecule has 0 radical (unpaired) electrons. The molecule has 140 valence electrons. The summed E-state index contributed by atoms with van der Waals surface area (Å²) in [6.45, 7) is 7.47. The summed E-state index contributed by atoms with van der Waals surface area (Å²) < 4.78 is 32.2. The van der Waals surface area contributed by atoms with Gasteiger partial charge in [0.05, 0.1) is 17.6 Å². The van der Waals surface area contributed by atoms with E-state index in [0.717, 1.165) is 32.0 Å². The third-order valence-electron chi connectivity index (χ3n) is 4.61. The third-order valence-corrected chi connectivity index (χ3v) is 6.07. The van der Waals surface area contributed by atoms with Crippen LogP contribution in [0.15, 0.2) is 23.1 Å². The van der Waals surface area contributed by atoms with Crippen LogP contribution in [0.4, 0.5) is 0 Å². The molecule has 1 aliphatic heterocycles. The van der Waals surface area contributed by atoms with Crippen LogP contribution < -0.4 is 4.72 Å². The Bertz CT molecular complexity index is 703. The van der Waals surface area contributed by atoms with Gasteiger partial charge in [-0.1, -0.05) is 13.0 Å². The number of nitrogens with one attached hydrogen (secondary N) is 1. The summed E-state index contributed by atoms with van der Waals surface area (Å²) in [6, 6.07) is 4.50. The summed E-state index contributed by atoms with van der Waals surface area (Å²) in [6.07, 6.45) is 3.26. The van der Waals surface area contributed by atoms with E-state index in [9.17, 15) is 13.2 Å². The predicted octanol–water partition coefficient (Wildman–Crippen LogP) is 2.18. The Balaban J connectivity index is 1.92. The maximum Gasteiger partial charge on any atom is 0.338 e. The van der Waals surface area contributed by atoms with Gasteiger partial charge in [-0.15, -0.1) is 0 Å². The molecule has 0 spiro atoms. The van der Waals surface area contributed by atoms with Gasteiger partial charge in [0, 0.05) is 13.1 Å². The normalized spacial score (nSPS) is 18.9. The van der Waals surface area contributed by atoms with Gasteiger partial charge in [0.2, 0.25) is 10.0 Å². The monoisotopic (exact) mass is 368 g/mol. The molecule has 0 aromatic heterocycles. The molecule has 1 aromatic carbocycles. The van der Waals surface area contributed by atoms with E-state index in [-0.39, 0.29) is 10.5 Å². The first-order chi connectivity index (χ1) is 11.8. The van der Waals surface area contributed by atoms with Gasteiger partial charge in [-0.25, -0.2) is 17.9 Å². The van der Waals surface area contributed by atoms with Crippen LogP contribution in [0.3, 0.4) is 0 Å². The summed E-state index contributed by atoms with van der Waals surface area (Å²) >= 11 is 0. The molecule has 0 aliphatic carbocycles. The van der Waals surface area contributed by atoms with Crippen molar-refractivity contribution < 1.29 is 17.9 Å². The van der Waals surface area contributed by atoms with Gasteiger partial charge >= 0.3 is 5.97 Å². The van der Waals surface area contributed by atoms with E-state index < -0.39 is 16.0 Å². The molecule has 1 heterocycles. The van der Waals surface area contributed by atoms with Crippen molar-refractivity contribution >= 4 is 16.0 Å². The van der Waals surface area contributed by atoms with Crippen molar-refractivity contribution in [1.82, 2.24) is 9.62 Å². The number of piperidine rings is 1. The minimum Gasteiger partial charge on any atom is -0.465 e. The van der Waals surface area contributed by atoms with Gasteiger partial charge in [0.15, 0.2) is 0 Å². The Morgan fingerprint density at radius 2 is 2.16 bits per heavy atom. The molecular formula is C18H28N2O4S. The lowest BCUT2D eigenvalue weighted by atomic mass is 10.0. The van der Waals surface area contributed by atoms with E-state index in [0.29, 0.717) is 12.1 Å². The molecule has 0 saturated carbocycles. The quantitative estimate of drug-likeness (QED) is 0.590. The van der Waals surface area contributed by atoms with Crippen molar-refractivity contribution in [3.63, 3.8) is 0 Å². The number of likely N-dealkylation sites (tertiary alicyclic amines) is 1. The molecule has 1 atom stereocenters. The molecule has 2 rings (SSSR count). The number of carbonyl (C=O) groups excluding carboxylic acids is 1. The number of carbonyl (C=O) groups is 1. The van der Waals surface area contributed by atoms with Crippen LogP contribution in [0, 0.1) is 12.8 Å². The summed E-state index contributed by atoms with van der Waals surface area (Å²) in [5.74, 6) is 0.184. The number of ether oxygens (including phenoxy) is 1. The number of methoxy groups -OCH3 is 1. The third kappa shape index (κ3) is 5.52. The van der Waals surface area contributed by atoms with Crippen LogP contribution in [0.1, 0.15) is 42.1 Å². The zero-order valence-corrected chi connectivity index (χ0v) is 16.1. The van der Waals surface area contributed by atoms with E-state index in [1.165, 1.54) is 32.1 Å². The number of benzene rings is 1. The number of hydrogen-bond donors (Lipinski definition) is 1. The van der Waals surface area contributed by atoms with Gasteiger partial charge in [0.25, 0.3) is 0 Å². The molecule has 1 N–H and O–H groups in total. The first-order valence-electron chi connectivity index (χ1n) is 8.74. The van der Waals surface area contributed by atoms with Crippen molar-refractivity contribution in [2.75, 3.05) is 33.3 Å². The molecule has 0 amide bonds. The van der Waals surface area contributed by atoms with Gasteiger partial charge < -0.3 is 9.64 Å². The fourth-order valence-corrected chi connectivity index (χ4v) is 4.28. The SMILES string of the molecule is COC(=O)c1cc(S(=O)(=O)NCCCN2CCCC(C)C2)ccc1C. The predicted molar refractivity (Wildman–Crippen MR) is 97.2 cm³/mol. The van der Waals surface area contributed by atoms with Gasteiger partial charge in [-0.3, -0.25) is 0 Å². The number of nitrogens with zero attached hydrogens (tertiary/aromatic N) is 1. The van der Waals surface area contributed by atoms with E-state index in [2.05, 4.69) is 16.5 Å². The zero-order chi connectivity index (χ0) is 18.4. The van der Waals surface area contributed by atoms with Crippen molar-refractivity contribution in [1.29, 1.82) is 0 Å². The second kappa shape index (κ2) is 8.78. The number of hydrogen-bond acceptors (Lipinski definition) is 5. The molecule has 6 nitrogen and oxygen atoms in total. The molecule has 1 fully saturated rings. The van der Waals surface area contributed by atoms with Gasteiger partial charge in [-0.2, -0.15) is 0 Å². The average Bonchev–Trinajstić information content (AvgIpc) is 2.58. The van der Waals surface area contributed by atoms with Crippen LogP contribution in [-0.4, -0.2) is 52.6 Å². The Labute approximate surface area is 150 Å². The van der Waals surface area contributed by atoms with Crippen molar-refractivity contribution in [3.05, 3.63) is 29.3 Å². The highest BCUT2D eigenvalue weighted by Gasteiger charge is 2.19. The van der Waals surface area contributed by atoms with E-state index in [1.807, 2.05) is 0 Å². The first kappa shape index (κ1) is 19.9. The molecule has 7 heteroatoms. The number of sulfonamides is 1. The molecule has 25 heavy (non-hydrogen) atoms. The molecule has 1 saturated heterocycles. The largest absolute Gasteiger partial charge is 0.465 e. The maximum atomic E-state index is 12.4. The summed E-state index contributed by atoms with van der Waals surface area (Å²) in [5, 5.41) is 0. The molecule has 1 unspecified atom stereocenters. The fourth-order valence-electron chi connectivity index (χ4n) is 3.18. The Morgan fingerprint density at radius 3 is 2.84 bits per heavy atom. The lowest BCUT2D eigenvalue weighted by Gasteiger charge is -2.30. The Kier molecular flexibility index (Phi) is 6.98. The van der Waals surface area contributed by atoms with Crippen LogP contribution in [0.25, 0.3) is 0 Å². The van der Waals surface area contributed by atoms with Gasteiger partial charge in [0.1, 0.15) is 0 Å². The molecule has 0 bridgehead atoms. The Morgan fingerprint density at radius 1 is 1.40 bits per heavy atom. The lowest BCUT2D eigenvalue weighted by molar-refractivity contribution is 0.0599. The maximum absolute atomic E-state index is 12.4. The highest BCUT2D eigenvalue weighted by molar-refractivity contribution is 7.89. The van der Waals surface area contributed by atoms with Crippen molar-refractivity contribution in [2.24, 2.45) is 5.92 Å². The minimum absolute atomic E-state index is 0.0881.